The van der Waals surface area contributed by atoms with Crippen molar-refractivity contribution in [3.8, 4) is 0 Å². The van der Waals surface area contributed by atoms with E-state index in [0.29, 0.717) is 0 Å². The topological polar surface area (TPSA) is 54.7 Å². The smallest absolute Gasteiger partial charge is 0.123 e. The Morgan fingerprint density at radius 1 is 1.25 bits per heavy atom. The summed E-state index contributed by atoms with van der Waals surface area (Å²) in [6.07, 6.45) is 0.813. The van der Waals surface area contributed by atoms with Gasteiger partial charge in [-0.25, -0.2) is 4.98 Å². The third-order valence-electron chi connectivity index (χ3n) is 2.80. The zero-order valence-electron chi connectivity index (χ0n) is 9.70. The molecule has 3 nitrogen and oxygen atoms in total. The largest absolute Gasteiger partial charge is 0.345 e. The van der Waals surface area contributed by atoms with E-state index in [2.05, 4.69) is 22.1 Å². The predicted octanol–water partition coefficient (Wildman–Crippen LogP) is 2.27. The van der Waals surface area contributed by atoms with Crippen molar-refractivity contribution in [2.24, 2.45) is 5.73 Å². The average molecular weight is 215 g/mol. The van der Waals surface area contributed by atoms with Gasteiger partial charge in [-0.2, -0.15) is 0 Å². The summed E-state index contributed by atoms with van der Waals surface area (Å²) in [6, 6.07) is 10.2. The van der Waals surface area contributed by atoms with Gasteiger partial charge in [0.15, 0.2) is 0 Å². The van der Waals surface area contributed by atoms with E-state index < -0.39 is 0 Å². The molecule has 0 aliphatic carbocycles. The fraction of sp³-hybridized carbons (Fsp3) is 0.308. The van der Waals surface area contributed by atoms with Gasteiger partial charge in [0.05, 0.1) is 11.7 Å². The first-order valence-corrected chi connectivity index (χ1v) is 5.49. The fourth-order valence-corrected chi connectivity index (χ4v) is 1.72. The molecule has 1 aromatic carbocycles. The number of hydrogen-bond donors (Lipinski definition) is 2. The Kier molecular flexibility index (Phi) is 3.06. The first kappa shape index (κ1) is 10.9. The standard InChI is InChI=1S/C13H17N3/c1-9-10(2)16-13(15-9)12(14)8-11-6-4-3-5-7-11/h3-7,12H,8,14H2,1-2H3,(H,15,16)/t12-/m1/s1. The number of nitrogens with one attached hydrogen (secondary N) is 1. The van der Waals surface area contributed by atoms with E-state index in [1.54, 1.807) is 0 Å². The van der Waals surface area contributed by atoms with Crippen molar-refractivity contribution in [2.45, 2.75) is 26.3 Å². The van der Waals surface area contributed by atoms with Crippen LogP contribution in [0.2, 0.25) is 0 Å². The van der Waals surface area contributed by atoms with Crippen LogP contribution < -0.4 is 5.73 Å². The SMILES string of the molecule is Cc1nc([C@H](N)Cc2ccccc2)[nH]c1C. The van der Waals surface area contributed by atoms with Crippen LogP contribution in [0.1, 0.15) is 28.8 Å². The van der Waals surface area contributed by atoms with E-state index in [-0.39, 0.29) is 6.04 Å². The van der Waals surface area contributed by atoms with E-state index in [4.69, 9.17) is 5.73 Å². The molecule has 16 heavy (non-hydrogen) atoms. The molecule has 0 unspecified atom stereocenters. The molecule has 0 saturated heterocycles. The Balaban J connectivity index is 2.11. The molecule has 0 bridgehead atoms. The Morgan fingerprint density at radius 2 is 1.94 bits per heavy atom. The monoisotopic (exact) mass is 215 g/mol. The molecule has 0 aliphatic rings. The van der Waals surface area contributed by atoms with Gasteiger partial charge >= 0.3 is 0 Å². The highest BCUT2D eigenvalue weighted by Gasteiger charge is 2.11. The van der Waals surface area contributed by atoms with Crippen LogP contribution in [0, 0.1) is 13.8 Å². The van der Waals surface area contributed by atoms with Crippen LogP contribution >= 0.6 is 0 Å². The molecule has 0 saturated carbocycles. The van der Waals surface area contributed by atoms with Crippen LogP contribution in [-0.2, 0) is 6.42 Å². The maximum absolute atomic E-state index is 6.12. The number of aromatic nitrogens is 2. The van der Waals surface area contributed by atoms with Crippen molar-refractivity contribution in [3.05, 3.63) is 53.1 Å². The maximum Gasteiger partial charge on any atom is 0.123 e. The van der Waals surface area contributed by atoms with Crippen molar-refractivity contribution in [1.29, 1.82) is 0 Å². The fourth-order valence-electron chi connectivity index (χ4n) is 1.72. The molecule has 3 heteroatoms. The number of aromatic amines is 1. The minimum absolute atomic E-state index is 0.0604. The van der Waals surface area contributed by atoms with Gasteiger partial charge in [0.25, 0.3) is 0 Å². The van der Waals surface area contributed by atoms with Gasteiger partial charge in [-0.3, -0.25) is 0 Å². The number of nitrogens with two attached hydrogens (primary N) is 1. The van der Waals surface area contributed by atoms with Gasteiger partial charge in [-0.15, -0.1) is 0 Å². The van der Waals surface area contributed by atoms with Crippen molar-refractivity contribution >= 4 is 0 Å². The Bertz CT molecular complexity index is 440. The molecule has 1 aromatic heterocycles. The number of rotatable bonds is 3. The van der Waals surface area contributed by atoms with Crippen molar-refractivity contribution in [3.63, 3.8) is 0 Å². The van der Waals surface area contributed by atoms with Crippen LogP contribution in [0.3, 0.4) is 0 Å². The van der Waals surface area contributed by atoms with Crippen LogP contribution in [0.4, 0.5) is 0 Å². The lowest BCUT2D eigenvalue weighted by atomic mass is 10.1. The summed E-state index contributed by atoms with van der Waals surface area (Å²) in [5, 5.41) is 0. The van der Waals surface area contributed by atoms with Crippen molar-refractivity contribution < 1.29 is 0 Å². The van der Waals surface area contributed by atoms with E-state index in [0.717, 1.165) is 23.6 Å². The van der Waals surface area contributed by atoms with Crippen LogP contribution in [0.5, 0.6) is 0 Å². The van der Waals surface area contributed by atoms with Gasteiger partial charge in [0.2, 0.25) is 0 Å². The van der Waals surface area contributed by atoms with E-state index >= 15 is 0 Å². The van der Waals surface area contributed by atoms with Crippen molar-refractivity contribution in [1.82, 2.24) is 9.97 Å². The average Bonchev–Trinajstić information content (AvgIpc) is 2.61. The van der Waals surface area contributed by atoms with Gasteiger partial charge in [0.1, 0.15) is 5.82 Å². The molecule has 1 atom stereocenters. The molecule has 0 fully saturated rings. The summed E-state index contributed by atoms with van der Waals surface area (Å²) in [6.45, 7) is 4.01. The normalized spacial score (nSPS) is 12.7. The molecule has 0 radical (unpaired) electrons. The van der Waals surface area contributed by atoms with Crippen molar-refractivity contribution in [2.75, 3.05) is 0 Å². The summed E-state index contributed by atoms with van der Waals surface area (Å²) >= 11 is 0. The molecular weight excluding hydrogens is 198 g/mol. The third-order valence-corrected chi connectivity index (χ3v) is 2.80. The summed E-state index contributed by atoms with van der Waals surface area (Å²) in [7, 11) is 0. The second-order valence-electron chi connectivity index (χ2n) is 4.13. The van der Waals surface area contributed by atoms with Gasteiger partial charge < -0.3 is 10.7 Å². The minimum atomic E-state index is -0.0604. The second-order valence-corrected chi connectivity index (χ2v) is 4.13. The summed E-state index contributed by atoms with van der Waals surface area (Å²) in [4.78, 5) is 7.65. The van der Waals surface area contributed by atoms with E-state index in [1.165, 1.54) is 5.56 Å². The zero-order valence-corrected chi connectivity index (χ0v) is 9.70. The Morgan fingerprint density at radius 3 is 2.50 bits per heavy atom. The highest BCUT2D eigenvalue weighted by atomic mass is 15.0. The summed E-state index contributed by atoms with van der Waals surface area (Å²) in [5.74, 6) is 0.874. The number of benzene rings is 1. The molecule has 0 aliphatic heterocycles. The zero-order chi connectivity index (χ0) is 11.5. The Labute approximate surface area is 95.7 Å². The van der Waals surface area contributed by atoms with E-state index in [1.807, 2.05) is 32.0 Å². The molecule has 84 valence electrons. The highest BCUT2D eigenvalue weighted by molar-refractivity contribution is 5.19. The quantitative estimate of drug-likeness (QED) is 0.825. The lowest BCUT2D eigenvalue weighted by Crippen LogP contribution is -2.15. The lowest BCUT2D eigenvalue weighted by Gasteiger charge is -2.08. The third kappa shape index (κ3) is 2.31. The molecule has 2 rings (SSSR count). The first-order valence-electron chi connectivity index (χ1n) is 5.49. The molecule has 1 heterocycles. The van der Waals surface area contributed by atoms with E-state index in [9.17, 15) is 0 Å². The minimum Gasteiger partial charge on any atom is -0.345 e. The molecule has 0 amide bonds. The van der Waals surface area contributed by atoms with Gasteiger partial charge in [0, 0.05) is 5.69 Å². The molecule has 2 aromatic rings. The Hall–Kier alpha value is -1.61. The number of imidazole rings is 1. The van der Waals surface area contributed by atoms with Crippen LogP contribution in [0.25, 0.3) is 0 Å². The maximum atomic E-state index is 6.12. The van der Waals surface area contributed by atoms with Gasteiger partial charge in [-0.05, 0) is 25.8 Å². The first-order chi connectivity index (χ1) is 7.66. The molecule has 0 spiro atoms. The summed E-state index contributed by atoms with van der Waals surface area (Å²) < 4.78 is 0. The molecular formula is C13H17N3. The number of hydrogen-bond acceptors (Lipinski definition) is 2. The number of aryl methyl sites for hydroxylation is 2. The van der Waals surface area contributed by atoms with Crippen LogP contribution in [0.15, 0.2) is 30.3 Å². The summed E-state index contributed by atoms with van der Waals surface area (Å²) in [5.41, 5.74) is 9.48. The molecule has 3 N–H and O–H groups in total. The second kappa shape index (κ2) is 4.49. The lowest BCUT2D eigenvalue weighted by molar-refractivity contribution is 0.675. The highest BCUT2D eigenvalue weighted by Crippen LogP contribution is 2.14. The number of nitrogens with zero attached hydrogens (tertiary/aromatic N) is 1. The number of H-pyrrole nitrogens is 1. The van der Waals surface area contributed by atoms with Crippen LogP contribution in [-0.4, -0.2) is 9.97 Å². The van der Waals surface area contributed by atoms with Gasteiger partial charge in [-0.1, -0.05) is 30.3 Å². The predicted molar refractivity (Wildman–Crippen MR) is 65.1 cm³/mol.